The standard InChI is InChI=1S/C20H34N2O.ClH/c1-3-4-5-6-7-8-9-10-11-12-20(23)21-15-18-22-16-13-19(2)14-17-22;/h13-14,16-17H,3-12,15,18H2,1-2H3;1H. The lowest BCUT2D eigenvalue weighted by atomic mass is 10.1. The van der Waals surface area contributed by atoms with E-state index in [1.54, 1.807) is 0 Å². The maximum absolute atomic E-state index is 11.8. The van der Waals surface area contributed by atoms with E-state index in [4.69, 9.17) is 0 Å². The second-order valence-corrected chi connectivity index (χ2v) is 6.54. The van der Waals surface area contributed by atoms with Crippen molar-refractivity contribution in [3.05, 3.63) is 30.1 Å². The van der Waals surface area contributed by atoms with Crippen molar-refractivity contribution in [2.24, 2.45) is 0 Å². The van der Waals surface area contributed by atoms with Crippen molar-refractivity contribution < 1.29 is 21.8 Å². The van der Waals surface area contributed by atoms with Crippen molar-refractivity contribution in [1.29, 1.82) is 0 Å². The molecule has 4 heteroatoms. The largest absolute Gasteiger partial charge is 1.00 e. The molecule has 1 N–H and O–H groups in total. The highest BCUT2D eigenvalue weighted by atomic mass is 35.5. The summed E-state index contributed by atoms with van der Waals surface area (Å²) < 4.78 is 2.10. The van der Waals surface area contributed by atoms with Crippen LogP contribution in [0.2, 0.25) is 0 Å². The van der Waals surface area contributed by atoms with Crippen LogP contribution in [-0.4, -0.2) is 12.5 Å². The highest BCUT2D eigenvalue weighted by Crippen LogP contribution is 2.10. The Morgan fingerprint density at radius 1 is 0.958 bits per heavy atom. The third kappa shape index (κ3) is 12.3. The van der Waals surface area contributed by atoms with E-state index in [1.807, 2.05) is 0 Å². The predicted octanol–water partition coefficient (Wildman–Crippen LogP) is 1.32. The zero-order chi connectivity index (χ0) is 16.8. The zero-order valence-electron chi connectivity index (χ0n) is 15.5. The molecule has 0 spiro atoms. The molecular formula is C20H35ClN2O. The molecule has 0 aromatic carbocycles. The molecule has 0 aliphatic rings. The lowest BCUT2D eigenvalue weighted by Gasteiger charge is -2.04. The number of halogens is 1. The smallest absolute Gasteiger partial charge is 0.220 e. The summed E-state index contributed by atoms with van der Waals surface area (Å²) in [6.07, 6.45) is 16.4. The summed E-state index contributed by atoms with van der Waals surface area (Å²) in [7, 11) is 0. The fourth-order valence-corrected chi connectivity index (χ4v) is 2.69. The third-order valence-corrected chi connectivity index (χ3v) is 4.26. The number of pyridine rings is 1. The molecule has 1 amide bonds. The molecule has 0 radical (unpaired) electrons. The highest BCUT2D eigenvalue weighted by molar-refractivity contribution is 5.75. The first-order valence-electron chi connectivity index (χ1n) is 9.44. The molecule has 0 saturated heterocycles. The van der Waals surface area contributed by atoms with Gasteiger partial charge in [0.1, 0.15) is 0 Å². The molecule has 0 saturated carbocycles. The van der Waals surface area contributed by atoms with E-state index in [2.05, 4.69) is 48.3 Å². The first kappa shape index (κ1) is 22.9. The van der Waals surface area contributed by atoms with E-state index in [-0.39, 0.29) is 18.3 Å². The minimum Gasteiger partial charge on any atom is -1.00 e. The molecule has 3 nitrogen and oxygen atoms in total. The van der Waals surface area contributed by atoms with E-state index in [0.29, 0.717) is 13.0 Å². The van der Waals surface area contributed by atoms with Gasteiger partial charge < -0.3 is 17.7 Å². The monoisotopic (exact) mass is 354 g/mol. The van der Waals surface area contributed by atoms with Gasteiger partial charge in [-0.1, -0.05) is 58.3 Å². The van der Waals surface area contributed by atoms with Crippen LogP contribution in [-0.2, 0) is 11.3 Å². The van der Waals surface area contributed by atoms with Crippen molar-refractivity contribution in [2.45, 2.75) is 84.6 Å². The number of unbranched alkanes of at least 4 members (excludes halogenated alkanes) is 8. The minimum absolute atomic E-state index is 0. The number of nitrogens with zero attached hydrogens (tertiary/aromatic N) is 1. The van der Waals surface area contributed by atoms with Crippen LogP contribution in [0.15, 0.2) is 24.5 Å². The van der Waals surface area contributed by atoms with Gasteiger partial charge in [-0.25, -0.2) is 4.57 Å². The molecule has 1 aromatic heterocycles. The van der Waals surface area contributed by atoms with Gasteiger partial charge in [-0.05, 0) is 18.9 Å². The first-order valence-corrected chi connectivity index (χ1v) is 9.44. The van der Waals surface area contributed by atoms with E-state index < -0.39 is 0 Å². The van der Waals surface area contributed by atoms with Crippen LogP contribution in [0.4, 0.5) is 0 Å². The number of aryl methyl sites for hydroxylation is 1. The predicted molar refractivity (Wildman–Crippen MR) is 96.2 cm³/mol. The Balaban J connectivity index is 0.00000529. The second kappa shape index (κ2) is 15.4. The maximum atomic E-state index is 11.8. The fourth-order valence-electron chi connectivity index (χ4n) is 2.69. The fraction of sp³-hybridized carbons (Fsp3) is 0.700. The van der Waals surface area contributed by atoms with Gasteiger partial charge in [-0.2, -0.15) is 0 Å². The summed E-state index contributed by atoms with van der Waals surface area (Å²) in [5.74, 6) is 0.195. The number of amides is 1. The molecule has 0 bridgehead atoms. The van der Waals surface area contributed by atoms with Crippen LogP contribution in [0.5, 0.6) is 0 Å². The molecule has 0 fully saturated rings. The Morgan fingerprint density at radius 2 is 1.50 bits per heavy atom. The number of carbonyl (C=O) groups is 1. The third-order valence-electron chi connectivity index (χ3n) is 4.26. The summed E-state index contributed by atoms with van der Waals surface area (Å²) in [4.78, 5) is 11.8. The Labute approximate surface area is 154 Å². The minimum atomic E-state index is 0. The molecule has 138 valence electrons. The maximum Gasteiger partial charge on any atom is 0.220 e. The van der Waals surface area contributed by atoms with Gasteiger partial charge in [-0.15, -0.1) is 0 Å². The Bertz CT molecular complexity index is 420. The van der Waals surface area contributed by atoms with E-state index in [1.165, 1.54) is 56.9 Å². The number of carbonyl (C=O) groups excluding carboxylic acids is 1. The Morgan fingerprint density at radius 3 is 2.08 bits per heavy atom. The molecular weight excluding hydrogens is 320 g/mol. The van der Waals surface area contributed by atoms with Crippen LogP contribution in [0.25, 0.3) is 0 Å². The number of hydrogen-bond acceptors (Lipinski definition) is 1. The Kier molecular flexibility index (Phi) is 14.7. The van der Waals surface area contributed by atoms with Crippen molar-refractivity contribution >= 4 is 5.91 Å². The van der Waals surface area contributed by atoms with Crippen molar-refractivity contribution in [1.82, 2.24) is 5.32 Å². The van der Waals surface area contributed by atoms with Crippen molar-refractivity contribution in [2.75, 3.05) is 6.54 Å². The molecule has 1 aromatic rings. The molecule has 0 atom stereocenters. The molecule has 0 aliphatic heterocycles. The lowest BCUT2D eigenvalue weighted by Crippen LogP contribution is -3.00. The highest BCUT2D eigenvalue weighted by Gasteiger charge is 2.03. The van der Waals surface area contributed by atoms with Crippen LogP contribution in [0.1, 0.15) is 76.7 Å². The van der Waals surface area contributed by atoms with Gasteiger partial charge in [-0.3, -0.25) is 4.79 Å². The first-order chi connectivity index (χ1) is 11.2. The Hall–Kier alpha value is -1.09. The van der Waals surface area contributed by atoms with Crippen LogP contribution in [0.3, 0.4) is 0 Å². The van der Waals surface area contributed by atoms with Gasteiger partial charge in [0.05, 0.1) is 6.54 Å². The molecule has 1 heterocycles. The number of rotatable bonds is 13. The number of aromatic nitrogens is 1. The second-order valence-electron chi connectivity index (χ2n) is 6.54. The quantitative estimate of drug-likeness (QED) is 0.420. The summed E-state index contributed by atoms with van der Waals surface area (Å²) in [6.45, 7) is 5.88. The normalized spacial score (nSPS) is 10.2. The molecule has 0 unspecified atom stereocenters. The van der Waals surface area contributed by atoms with Gasteiger partial charge in [0, 0.05) is 18.6 Å². The summed E-state index contributed by atoms with van der Waals surface area (Å²) >= 11 is 0. The SMILES string of the molecule is CCCCCCCCCCCC(=O)NCC[n+]1ccc(C)cc1.[Cl-]. The van der Waals surface area contributed by atoms with Crippen LogP contribution in [0, 0.1) is 6.92 Å². The number of hydrogen-bond donors (Lipinski definition) is 1. The topological polar surface area (TPSA) is 33.0 Å². The van der Waals surface area contributed by atoms with Gasteiger partial charge >= 0.3 is 0 Å². The summed E-state index contributed by atoms with van der Waals surface area (Å²) in [6, 6.07) is 4.17. The van der Waals surface area contributed by atoms with Gasteiger partial charge in [0.2, 0.25) is 5.91 Å². The molecule has 24 heavy (non-hydrogen) atoms. The zero-order valence-corrected chi connectivity index (χ0v) is 16.3. The number of nitrogens with one attached hydrogen (secondary N) is 1. The van der Waals surface area contributed by atoms with Gasteiger partial charge in [0.25, 0.3) is 0 Å². The van der Waals surface area contributed by atoms with Crippen LogP contribution < -0.4 is 22.3 Å². The van der Waals surface area contributed by atoms with E-state index in [9.17, 15) is 4.79 Å². The summed E-state index contributed by atoms with van der Waals surface area (Å²) in [5, 5.41) is 3.01. The van der Waals surface area contributed by atoms with Gasteiger partial charge in [0.15, 0.2) is 18.9 Å². The van der Waals surface area contributed by atoms with E-state index >= 15 is 0 Å². The molecule has 0 aliphatic carbocycles. The average Bonchev–Trinajstić information content (AvgIpc) is 2.55. The van der Waals surface area contributed by atoms with Crippen LogP contribution >= 0.6 is 0 Å². The van der Waals surface area contributed by atoms with Crippen molar-refractivity contribution in [3.63, 3.8) is 0 Å². The van der Waals surface area contributed by atoms with Crippen molar-refractivity contribution in [3.8, 4) is 0 Å². The molecule has 1 rings (SSSR count). The van der Waals surface area contributed by atoms with E-state index in [0.717, 1.165) is 13.0 Å². The summed E-state index contributed by atoms with van der Waals surface area (Å²) in [5.41, 5.74) is 1.26. The average molecular weight is 355 g/mol. The lowest BCUT2D eigenvalue weighted by molar-refractivity contribution is -0.694.